The van der Waals surface area contributed by atoms with Crippen molar-refractivity contribution in [1.29, 1.82) is 0 Å². The lowest BCUT2D eigenvalue weighted by Crippen LogP contribution is -2.42. The van der Waals surface area contributed by atoms with E-state index in [2.05, 4.69) is 12.2 Å². The molecule has 0 unspecified atom stereocenters. The Kier molecular flexibility index (Phi) is 6.82. The van der Waals surface area contributed by atoms with E-state index in [9.17, 15) is 9.59 Å². The molecule has 1 aliphatic heterocycles. The predicted octanol–water partition coefficient (Wildman–Crippen LogP) is 3.98. The lowest BCUT2D eigenvalue weighted by molar-refractivity contribution is 0.0635. The quantitative estimate of drug-likeness (QED) is 0.777. The van der Waals surface area contributed by atoms with E-state index in [-0.39, 0.29) is 17.9 Å². The molecule has 1 aliphatic rings. The van der Waals surface area contributed by atoms with Crippen molar-refractivity contribution in [3.63, 3.8) is 0 Å². The zero-order valence-corrected chi connectivity index (χ0v) is 17.9. The van der Waals surface area contributed by atoms with Gasteiger partial charge in [-0.1, -0.05) is 0 Å². The van der Waals surface area contributed by atoms with Crippen molar-refractivity contribution in [3.8, 4) is 17.2 Å². The van der Waals surface area contributed by atoms with E-state index >= 15 is 0 Å². The highest BCUT2D eigenvalue weighted by Crippen LogP contribution is 2.39. The van der Waals surface area contributed by atoms with Crippen molar-refractivity contribution in [2.45, 2.75) is 32.2 Å². The summed E-state index contributed by atoms with van der Waals surface area (Å²) in [7, 11) is 4.47. The van der Waals surface area contributed by atoms with Crippen molar-refractivity contribution < 1.29 is 23.8 Å². The number of methoxy groups -OCH3 is 3. The number of anilines is 1. The van der Waals surface area contributed by atoms with Gasteiger partial charge in [-0.05, 0) is 62.6 Å². The van der Waals surface area contributed by atoms with Gasteiger partial charge in [0.2, 0.25) is 5.75 Å². The summed E-state index contributed by atoms with van der Waals surface area (Å²) in [5.41, 5.74) is 1.52. The minimum absolute atomic E-state index is 0.0293. The van der Waals surface area contributed by atoms with Crippen LogP contribution in [0, 0.1) is 0 Å². The third-order valence-corrected chi connectivity index (χ3v) is 5.40. The van der Waals surface area contributed by atoms with Gasteiger partial charge in [-0.3, -0.25) is 9.59 Å². The van der Waals surface area contributed by atoms with E-state index in [1.165, 1.54) is 21.3 Å². The maximum absolute atomic E-state index is 12.8. The van der Waals surface area contributed by atoms with Crippen molar-refractivity contribution in [1.82, 2.24) is 4.90 Å². The summed E-state index contributed by atoms with van der Waals surface area (Å²) in [5.74, 6) is 0.795. The maximum atomic E-state index is 12.8. The van der Waals surface area contributed by atoms with Crippen molar-refractivity contribution in [2.24, 2.45) is 0 Å². The van der Waals surface area contributed by atoms with Crippen LogP contribution in [-0.4, -0.2) is 50.6 Å². The maximum Gasteiger partial charge on any atom is 0.259 e. The molecule has 1 N–H and O–H groups in total. The van der Waals surface area contributed by atoms with Gasteiger partial charge in [0.05, 0.1) is 26.9 Å². The molecule has 1 heterocycles. The lowest BCUT2D eigenvalue weighted by atomic mass is 10.0. The average Bonchev–Trinajstić information content (AvgIpc) is 2.78. The number of nitrogens with zero attached hydrogens (tertiary/aromatic N) is 1. The second-order valence-corrected chi connectivity index (χ2v) is 7.26. The molecule has 1 fully saturated rings. The van der Waals surface area contributed by atoms with Crippen LogP contribution in [0.5, 0.6) is 17.2 Å². The third-order valence-electron chi connectivity index (χ3n) is 5.40. The molecule has 160 valence electrons. The molecule has 7 nitrogen and oxygen atoms in total. The monoisotopic (exact) mass is 412 g/mol. The highest BCUT2D eigenvalue weighted by atomic mass is 16.5. The van der Waals surface area contributed by atoms with E-state index < -0.39 is 0 Å². The Hall–Kier alpha value is -3.22. The molecule has 0 aromatic heterocycles. The molecule has 2 aromatic rings. The summed E-state index contributed by atoms with van der Waals surface area (Å²) in [4.78, 5) is 27.5. The predicted molar refractivity (Wildman–Crippen MR) is 115 cm³/mol. The summed E-state index contributed by atoms with van der Waals surface area (Å²) < 4.78 is 16.0. The number of hydrogen-bond acceptors (Lipinski definition) is 5. The largest absolute Gasteiger partial charge is 0.493 e. The molecule has 7 heteroatoms. The van der Waals surface area contributed by atoms with E-state index in [0.29, 0.717) is 34.1 Å². The van der Waals surface area contributed by atoms with Gasteiger partial charge in [-0.25, -0.2) is 0 Å². The molecule has 1 saturated heterocycles. The summed E-state index contributed by atoms with van der Waals surface area (Å²) in [6, 6.07) is 10.5. The standard InChI is InChI=1S/C23H28N2O5/c1-15-7-5-6-14-25(15)23(27)16-8-10-17(11-9-16)24-22(26)18-12-13-19(28-2)21(30-4)20(18)29-3/h8-13,15H,5-7,14H2,1-4H3,(H,24,26)/t15-/m0/s1. The van der Waals surface area contributed by atoms with E-state index in [1.807, 2.05) is 4.90 Å². The number of carbonyl (C=O) groups excluding carboxylic acids is 2. The van der Waals surface area contributed by atoms with Gasteiger partial charge in [-0.15, -0.1) is 0 Å². The van der Waals surface area contributed by atoms with Crippen molar-refractivity contribution in [3.05, 3.63) is 47.5 Å². The van der Waals surface area contributed by atoms with Crippen LogP contribution >= 0.6 is 0 Å². The van der Waals surface area contributed by atoms with Crippen LogP contribution in [0.3, 0.4) is 0 Å². The Morgan fingerprint density at radius 2 is 1.63 bits per heavy atom. The van der Waals surface area contributed by atoms with Gasteiger partial charge in [-0.2, -0.15) is 0 Å². The lowest BCUT2D eigenvalue weighted by Gasteiger charge is -2.33. The summed E-state index contributed by atoms with van der Waals surface area (Å²) >= 11 is 0. The molecule has 0 bridgehead atoms. The topological polar surface area (TPSA) is 77.1 Å². The van der Waals surface area contributed by atoms with Crippen LogP contribution in [0.25, 0.3) is 0 Å². The molecule has 30 heavy (non-hydrogen) atoms. The normalized spacial score (nSPS) is 16.0. The zero-order chi connectivity index (χ0) is 21.7. The SMILES string of the molecule is COc1ccc(C(=O)Nc2ccc(C(=O)N3CCCC[C@@H]3C)cc2)c(OC)c1OC. The van der Waals surface area contributed by atoms with Crippen LogP contribution in [0.4, 0.5) is 5.69 Å². The molecule has 0 radical (unpaired) electrons. The average molecular weight is 412 g/mol. The van der Waals surface area contributed by atoms with Gasteiger partial charge in [0.15, 0.2) is 11.5 Å². The van der Waals surface area contributed by atoms with Gasteiger partial charge in [0, 0.05) is 23.8 Å². The number of ether oxygens (including phenoxy) is 3. The molecule has 2 aromatic carbocycles. The van der Waals surface area contributed by atoms with Gasteiger partial charge >= 0.3 is 0 Å². The van der Waals surface area contributed by atoms with Crippen molar-refractivity contribution in [2.75, 3.05) is 33.2 Å². The fourth-order valence-corrected chi connectivity index (χ4v) is 3.74. The second-order valence-electron chi connectivity index (χ2n) is 7.26. The van der Waals surface area contributed by atoms with Crippen LogP contribution in [0.15, 0.2) is 36.4 Å². The number of likely N-dealkylation sites (tertiary alicyclic amines) is 1. The minimum Gasteiger partial charge on any atom is -0.493 e. The fraction of sp³-hybridized carbons (Fsp3) is 0.391. The Labute approximate surface area is 176 Å². The molecular weight excluding hydrogens is 384 g/mol. The molecule has 1 atom stereocenters. The summed E-state index contributed by atoms with van der Waals surface area (Å²) in [6.07, 6.45) is 3.24. The van der Waals surface area contributed by atoms with Gasteiger partial charge in [0.1, 0.15) is 0 Å². The molecule has 0 saturated carbocycles. The molecular formula is C23H28N2O5. The number of carbonyl (C=O) groups is 2. The van der Waals surface area contributed by atoms with E-state index in [0.717, 1.165) is 25.8 Å². The fourth-order valence-electron chi connectivity index (χ4n) is 3.74. The number of hydrogen-bond donors (Lipinski definition) is 1. The molecule has 0 aliphatic carbocycles. The number of rotatable bonds is 6. The van der Waals surface area contributed by atoms with Gasteiger partial charge in [0.25, 0.3) is 11.8 Å². The number of benzene rings is 2. The third kappa shape index (κ3) is 4.35. The number of amides is 2. The first-order chi connectivity index (χ1) is 14.5. The summed E-state index contributed by atoms with van der Waals surface area (Å²) in [6.45, 7) is 2.87. The molecule has 0 spiro atoms. The Balaban J connectivity index is 1.76. The van der Waals surface area contributed by atoms with Crippen molar-refractivity contribution >= 4 is 17.5 Å². The molecule has 3 rings (SSSR count). The first-order valence-corrected chi connectivity index (χ1v) is 10.0. The Bertz CT molecular complexity index is 911. The van der Waals surface area contributed by atoms with Crippen LogP contribution in [-0.2, 0) is 0 Å². The number of piperidine rings is 1. The zero-order valence-electron chi connectivity index (χ0n) is 17.9. The highest BCUT2D eigenvalue weighted by Gasteiger charge is 2.24. The van der Waals surface area contributed by atoms with Crippen LogP contribution < -0.4 is 19.5 Å². The summed E-state index contributed by atoms with van der Waals surface area (Å²) in [5, 5.41) is 2.84. The van der Waals surface area contributed by atoms with Crippen LogP contribution in [0.1, 0.15) is 46.9 Å². The Morgan fingerprint density at radius 1 is 0.933 bits per heavy atom. The van der Waals surface area contributed by atoms with Gasteiger partial charge < -0.3 is 24.4 Å². The second kappa shape index (κ2) is 9.52. The first kappa shape index (κ1) is 21.5. The smallest absolute Gasteiger partial charge is 0.259 e. The van der Waals surface area contributed by atoms with E-state index in [4.69, 9.17) is 14.2 Å². The Morgan fingerprint density at radius 3 is 2.23 bits per heavy atom. The van der Waals surface area contributed by atoms with E-state index in [1.54, 1.807) is 36.4 Å². The number of nitrogens with one attached hydrogen (secondary N) is 1. The first-order valence-electron chi connectivity index (χ1n) is 10.0. The molecule has 2 amide bonds. The highest BCUT2D eigenvalue weighted by molar-refractivity contribution is 6.07. The minimum atomic E-state index is -0.350. The van der Waals surface area contributed by atoms with Crippen LogP contribution in [0.2, 0.25) is 0 Å².